The van der Waals surface area contributed by atoms with Crippen LogP contribution in [0.2, 0.25) is 5.02 Å². The van der Waals surface area contributed by atoms with Gasteiger partial charge in [0.25, 0.3) is 0 Å². The van der Waals surface area contributed by atoms with Crippen LogP contribution in [-0.2, 0) is 0 Å². The summed E-state index contributed by atoms with van der Waals surface area (Å²) in [4.78, 5) is 25.1. The lowest BCUT2D eigenvalue weighted by Gasteiger charge is -2.09. The Bertz CT molecular complexity index is 1260. The Kier molecular flexibility index (Phi) is 3.97. The zero-order chi connectivity index (χ0) is 19.1. The Morgan fingerprint density at radius 3 is 2.52 bits per heavy atom. The minimum absolute atomic E-state index is 0.0280. The molecule has 0 spiro atoms. The second-order valence-corrected chi connectivity index (χ2v) is 6.24. The third-order valence-corrected chi connectivity index (χ3v) is 4.20. The van der Waals surface area contributed by atoms with Crippen LogP contribution in [-0.4, -0.2) is 16.2 Å². The molecule has 0 unspecified atom stereocenters. The fraction of sp³-hybridized carbons (Fsp3) is 0. The Morgan fingerprint density at radius 1 is 1.04 bits per heavy atom. The van der Waals surface area contributed by atoms with Crippen LogP contribution in [0.25, 0.3) is 21.9 Å². The monoisotopic (exact) mass is 382 g/mol. The van der Waals surface area contributed by atoms with E-state index < -0.39 is 11.4 Å². The Labute approximate surface area is 156 Å². The van der Waals surface area contributed by atoms with E-state index in [0.29, 0.717) is 0 Å². The van der Waals surface area contributed by atoms with E-state index in [-0.39, 0.29) is 49.8 Å². The highest BCUT2D eigenvalue weighted by atomic mass is 35.5. The van der Waals surface area contributed by atoms with Gasteiger partial charge in [-0.2, -0.15) is 0 Å². The van der Waals surface area contributed by atoms with Crippen LogP contribution < -0.4 is 10.2 Å². The number of esters is 1. The SMILES string of the molecule is O=C(Oc1cc(O)cc2c(=O)c3c(O)cc(Cl)cc3oc12)c1ccccc1. The molecule has 7 heteroatoms. The van der Waals surface area contributed by atoms with E-state index in [1.807, 2.05) is 0 Å². The second-order valence-electron chi connectivity index (χ2n) is 5.81. The van der Waals surface area contributed by atoms with Gasteiger partial charge in [0, 0.05) is 17.2 Å². The van der Waals surface area contributed by atoms with Crippen LogP contribution in [0, 0.1) is 0 Å². The van der Waals surface area contributed by atoms with Crippen molar-refractivity contribution in [3.8, 4) is 17.2 Å². The van der Waals surface area contributed by atoms with Gasteiger partial charge in [-0.15, -0.1) is 0 Å². The number of aromatic hydroxyl groups is 2. The fourth-order valence-electron chi connectivity index (χ4n) is 2.79. The van der Waals surface area contributed by atoms with Crippen molar-refractivity contribution in [1.29, 1.82) is 0 Å². The van der Waals surface area contributed by atoms with E-state index in [1.165, 1.54) is 24.3 Å². The van der Waals surface area contributed by atoms with Crippen LogP contribution in [0.4, 0.5) is 0 Å². The third kappa shape index (κ3) is 2.96. The lowest BCUT2D eigenvalue weighted by molar-refractivity contribution is 0.0735. The number of phenols is 2. The molecule has 0 saturated carbocycles. The molecule has 0 amide bonds. The molecule has 3 aromatic carbocycles. The van der Waals surface area contributed by atoms with Crippen molar-refractivity contribution >= 4 is 39.5 Å². The maximum atomic E-state index is 12.8. The largest absolute Gasteiger partial charge is 0.508 e. The maximum absolute atomic E-state index is 12.8. The lowest BCUT2D eigenvalue weighted by atomic mass is 10.1. The molecule has 134 valence electrons. The normalized spacial score (nSPS) is 11.0. The summed E-state index contributed by atoms with van der Waals surface area (Å²) in [5.41, 5.74) is -0.317. The molecule has 0 radical (unpaired) electrons. The van der Waals surface area contributed by atoms with Crippen LogP contribution in [0.15, 0.2) is 63.8 Å². The molecule has 4 aromatic rings. The molecule has 2 N–H and O–H groups in total. The van der Waals surface area contributed by atoms with Crippen molar-refractivity contribution in [3.05, 3.63) is 75.4 Å². The molecule has 1 heterocycles. The van der Waals surface area contributed by atoms with E-state index in [0.717, 1.165) is 0 Å². The van der Waals surface area contributed by atoms with Gasteiger partial charge >= 0.3 is 5.97 Å². The van der Waals surface area contributed by atoms with Crippen LogP contribution in [0.5, 0.6) is 17.2 Å². The van der Waals surface area contributed by atoms with Gasteiger partial charge in [0.1, 0.15) is 22.5 Å². The molecule has 0 bridgehead atoms. The zero-order valence-corrected chi connectivity index (χ0v) is 14.4. The summed E-state index contributed by atoms with van der Waals surface area (Å²) in [7, 11) is 0. The van der Waals surface area contributed by atoms with Gasteiger partial charge in [-0.3, -0.25) is 4.79 Å². The molecule has 0 aliphatic carbocycles. The molecular formula is C20H11ClO6. The van der Waals surface area contributed by atoms with Gasteiger partial charge in [0.2, 0.25) is 5.43 Å². The van der Waals surface area contributed by atoms with Crippen molar-refractivity contribution < 1.29 is 24.2 Å². The van der Waals surface area contributed by atoms with Crippen LogP contribution >= 0.6 is 11.6 Å². The van der Waals surface area contributed by atoms with Gasteiger partial charge < -0.3 is 19.4 Å². The van der Waals surface area contributed by atoms with E-state index >= 15 is 0 Å². The number of phenolic OH excluding ortho intramolecular Hbond substituents is 2. The molecule has 1 aromatic heterocycles. The fourth-order valence-corrected chi connectivity index (χ4v) is 2.99. The molecule has 0 aliphatic rings. The van der Waals surface area contributed by atoms with Crippen molar-refractivity contribution in [2.45, 2.75) is 0 Å². The Morgan fingerprint density at radius 2 is 1.78 bits per heavy atom. The molecule has 27 heavy (non-hydrogen) atoms. The number of halogens is 1. The molecule has 0 aliphatic heterocycles. The summed E-state index contributed by atoms with van der Waals surface area (Å²) in [6.45, 7) is 0. The van der Waals surface area contributed by atoms with Gasteiger partial charge in [-0.1, -0.05) is 29.8 Å². The number of carbonyl (C=O) groups is 1. The minimum Gasteiger partial charge on any atom is -0.508 e. The van der Waals surface area contributed by atoms with Crippen LogP contribution in [0.3, 0.4) is 0 Å². The number of ether oxygens (including phenoxy) is 1. The highest BCUT2D eigenvalue weighted by molar-refractivity contribution is 6.31. The Balaban J connectivity index is 1.96. The molecule has 6 nitrogen and oxygen atoms in total. The number of hydrogen-bond acceptors (Lipinski definition) is 6. The first-order valence-electron chi connectivity index (χ1n) is 7.83. The summed E-state index contributed by atoms with van der Waals surface area (Å²) in [5.74, 6) is -1.45. The predicted molar refractivity (Wildman–Crippen MR) is 99.7 cm³/mol. The number of fused-ring (bicyclic) bond motifs is 2. The van der Waals surface area contributed by atoms with Crippen molar-refractivity contribution in [1.82, 2.24) is 0 Å². The van der Waals surface area contributed by atoms with Crippen LogP contribution in [0.1, 0.15) is 10.4 Å². The highest BCUT2D eigenvalue weighted by Crippen LogP contribution is 2.35. The van der Waals surface area contributed by atoms with E-state index in [4.69, 9.17) is 20.8 Å². The molecule has 0 saturated heterocycles. The Hall–Kier alpha value is -3.51. The van der Waals surface area contributed by atoms with Crippen molar-refractivity contribution in [2.24, 2.45) is 0 Å². The van der Waals surface area contributed by atoms with E-state index in [2.05, 4.69) is 0 Å². The average molecular weight is 383 g/mol. The number of hydrogen-bond donors (Lipinski definition) is 2. The van der Waals surface area contributed by atoms with E-state index in [9.17, 15) is 19.8 Å². The summed E-state index contributed by atoms with van der Waals surface area (Å²) in [5, 5.41) is 20.0. The standard InChI is InChI=1S/C20H11ClO6/c21-11-6-14(23)17-15(7-11)26-19-13(18(17)24)8-12(22)9-16(19)27-20(25)10-4-2-1-3-5-10/h1-9,22-23H. The first-order chi connectivity index (χ1) is 12.9. The number of rotatable bonds is 2. The quantitative estimate of drug-likeness (QED) is 0.306. The third-order valence-electron chi connectivity index (χ3n) is 3.98. The maximum Gasteiger partial charge on any atom is 0.343 e. The number of carbonyl (C=O) groups excluding carboxylic acids is 1. The molecular weight excluding hydrogens is 372 g/mol. The van der Waals surface area contributed by atoms with Gasteiger partial charge in [0.05, 0.1) is 10.9 Å². The zero-order valence-electron chi connectivity index (χ0n) is 13.6. The first kappa shape index (κ1) is 16.9. The van der Waals surface area contributed by atoms with Gasteiger partial charge in [0.15, 0.2) is 11.3 Å². The van der Waals surface area contributed by atoms with Gasteiger partial charge in [-0.25, -0.2) is 4.79 Å². The lowest BCUT2D eigenvalue weighted by Crippen LogP contribution is -2.10. The summed E-state index contributed by atoms with van der Waals surface area (Å²) < 4.78 is 11.0. The predicted octanol–water partition coefficient (Wildman–Crippen LogP) is 4.23. The molecule has 0 atom stereocenters. The molecule has 4 rings (SSSR count). The molecule has 0 fully saturated rings. The minimum atomic E-state index is -0.681. The highest BCUT2D eigenvalue weighted by Gasteiger charge is 2.19. The summed E-state index contributed by atoms with van der Waals surface area (Å²) in [6.07, 6.45) is 0. The second kappa shape index (κ2) is 6.34. The van der Waals surface area contributed by atoms with Gasteiger partial charge in [-0.05, 0) is 24.3 Å². The number of benzene rings is 3. The first-order valence-corrected chi connectivity index (χ1v) is 8.21. The van der Waals surface area contributed by atoms with E-state index in [1.54, 1.807) is 30.3 Å². The summed E-state index contributed by atoms with van der Waals surface area (Å²) >= 11 is 5.91. The topological polar surface area (TPSA) is 97.0 Å². The smallest absolute Gasteiger partial charge is 0.343 e. The van der Waals surface area contributed by atoms with Crippen molar-refractivity contribution in [3.63, 3.8) is 0 Å². The average Bonchev–Trinajstić information content (AvgIpc) is 2.63. The van der Waals surface area contributed by atoms with Crippen molar-refractivity contribution in [2.75, 3.05) is 0 Å². The summed E-state index contributed by atoms with van der Waals surface area (Å²) in [6, 6.07) is 13.2.